The third kappa shape index (κ3) is 2.99. The summed E-state index contributed by atoms with van der Waals surface area (Å²) in [5.74, 6) is 1.05. The third-order valence-electron chi connectivity index (χ3n) is 3.52. The van der Waals surface area contributed by atoms with Crippen LogP contribution in [0.4, 0.5) is 5.82 Å². The molecule has 0 aromatic carbocycles. The lowest BCUT2D eigenvalue weighted by atomic mass is 10.1. The smallest absolute Gasteiger partial charge is 0.154 e. The van der Waals surface area contributed by atoms with Crippen molar-refractivity contribution in [2.75, 3.05) is 18.8 Å². The van der Waals surface area contributed by atoms with E-state index in [1.54, 1.807) is 19.2 Å². The Hall–Kier alpha value is -2.50. The lowest BCUT2D eigenvalue weighted by Gasteiger charge is -2.20. The number of aliphatic imine (C=N–C) groups is 2. The number of anilines is 1. The third-order valence-corrected chi connectivity index (χ3v) is 3.52. The number of likely N-dealkylation sites (tertiary alicyclic amines) is 1. The van der Waals surface area contributed by atoms with E-state index in [1.807, 2.05) is 0 Å². The average Bonchev–Trinajstić information content (AvgIpc) is 2.99. The zero-order valence-corrected chi connectivity index (χ0v) is 12.3. The van der Waals surface area contributed by atoms with Crippen molar-refractivity contribution in [3.63, 3.8) is 0 Å². The molecule has 21 heavy (non-hydrogen) atoms. The molecule has 0 atom stereocenters. The second-order valence-electron chi connectivity index (χ2n) is 4.96. The average molecular weight is 284 g/mol. The molecule has 1 saturated heterocycles. The number of rotatable bonds is 5. The van der Waals surface area contributed by atoms with Crippen LogP contribution < -0.4 is 5.73 Å². The summed E-state index contributed by atoms with van der Waals surface area (Å²) in [6.45, 7) is 10.8. The Morgan fingerprint density at radius 2 is 2.00 bits per heavy atom. The highest BCUT2D eigenvalue weighted by Crippen LogP contribution is 2.27. The van der Waals surface area contributed by atoms with Gasteiger partial charge in [-0.25, -0.2) is 9.98 Å². The van der Waals surface area contributed by atoms with E-state index in [1.165, 1.54) is 0 Å². The van der Waals surface area contributed by atoms with Gasteiger partial charge in [0.2, 0.25) is 0 Å². The highest BCUT2D eigenvalue weighted by molar-refractivity contribution is 6.00. The van der Waals surface area contributed by atoms with Gasteiger partial charge in [0, 0.05) is 36.1 Å². The molecule has 1 aromatic heterocycles. The molecule has 2 heterocycles. The minimum Gasteiger partial charge on any atom is -0.383 e. The zero-order valence-electron chi connectivity index (χ0n) is 12.3. The summed E-state index contributed by atoms with van der Waals surface area (Å²) in [5.41, 5.74) is 8.13. The number of nitrogens with two attached hydrogens (primary N) is 1. The van der Waals surface area contributed by atoms with Crippen molar-refractivity contribution >= 4 is 30.7 Å². The Labute approximate surface area is 124 Å². The van der Waals surface area contributed by atoms with Gasteiger partial charge in [-0.1, -0.05) is 0 Å². The van der Waals surface area contributed by atoms with Crippen molar-refractivity contribution < 1.29 is 0 Å². The van der Waals surface area contributed by atoms with Crippen LogP contribution >= 0.6 is 0 Å². The van der Waals surface area contributed by atoms with Gasteiger partial charge in [0.15, 0.2) is 5.82 Å². The molecule has 110 valence electrons. The van der Waals surface area contributed by atoms with E-state index in [0.29, 0.717) is 28.6 Å². The predicted octanol–water partition coefficient (Wildman–Crippen LogP) is 2.17. The van der Waals surface area contributed by atoms with Gasteiger partial charge in [0.25, 0.3) is 0 Å². The van der Waals surface area contributed by atoms with Gasteiger partial charge in [-0.15, -0.1) is 0 Å². The quantitative estimate of drug-likeness (QED) is 0.812. The first kappa shape index (κ1) is 14.9. The lowest BCUT2D eigenvalue weighted by Crippen LogP contribution is -2.18. The number of hydrogen-bond acceptors (Lipinski definition) is 6. The van der Waals surface area contributed by atoms with Gasteiger partial charge in [-0.3, -0.25) is 4.99 Å². The van der Waals surface area contributed by atoms with E-state index in [-0.39, 0.29) is 0 Å². The van der Waals surface area contributed by atoms with Crippen LogP contribution in [0.3, 0.4) is 0 Å². The van der Waals surface area contributed by atoms with E-state index < -0.39 is 0 Å². The largest absolute Gasteiger partial charge is 0.383 e. The predicted molar refractivity (Wildman–Crippen MR) is 88.0 cm³/mol. The van der Waals surface area contributed by atoms with Gasteiger partial charge in [-0.2, -0.15) is 0 Å². The van der Waals surface area contributed by atoms with Crippen LogP contribution in [0.15, 0.2) is 28.1 Å². The lowest BCUT2D eigenvalue weighted by molar-refractivity contribution is 0.424. The molecule has 1 aromatic rings. The molecule has 0 saturated carbocycles. The van der Waals surface area contributed by atoms with Crippen LogP contribution in [0, 0.1) is 5.41 Å². The number of nitrogens with one attached hydrogen (secondary N) is 1. The molecule has 1 fully saturated rings. The van der Waals surface area contributed by atoms with Crippen molar-refractivity contribution in [1.82, 2.24) is 9.88 Å². The number of hydrogen-bond donors (Lipinski definition) is 2. The molecule has 0 radical (unpaired) electrons. The van der Waals surface area contributed by atoms with Crippen molar-refractivity contribution in [3.05, 3.63) is 29.2 Å². The van der Waals surface area contributed by atoms with Crippen LogP contribution in [-0.4, -0.2) is 42.1 Å². The standard InChI is InChI=1S/C15H20N6/c1-10(16)12-8-11(9-20-14(12)17)13(18-2)15(19-3)21-6-4-5-7-21/h8-9,16H,2-7H2,1H3,(H2,17,20)/b15-13+,16-10?. The fourth-order valence-corrected chi connectivity index (χ4v) is 2.45. The van der Waals surface area contributed by atoms with Crippen molar-refractivity contribution in [2.24, 2.45) is 9.98 Å². The maximum atomic E-state index is 7.76. The first-order chi connectivity index (χ1) is 10.1. The second-order valence-corrected chi connectivity index (χ2v) is 4.96. The van der Waals surface area contributed by atoms with Gasteiger partial charge in [-0.05, 0) is 39.3 Å². The summed E-state index contributed by atoms with van der Waals surface area (Å²) < 4.78 is 0. The molecule has 0 amide bonds. The summed E-state index contributed by atoms with van der Waals surface area (Å²) in [6, 6.07) is 1.80. The molecule has 0 spiro atoms. The maximum absolute atomic E-state index is 7.76. The zero-order chi connectivity index (χ0) is 15.4. The van der Waals surface area contributed by atoms with E-state index in [0.717, 1.165) is 31.5 Å². The molecule has 6 heteroatoms. The highest BCUT2D eigenvalue weighted by Gasteiger charge is 2.19. The number of aromatic nitrogens is 1. The summed E-state index contributed by atoms with van der Waals surface area (Å²) >= 11 is 0. The van der Waals surface area contributed by atoms with Crippen molar-refractivity contribution in [2.45, 2.75) is 19.8 Å². The van der Waals surface area contributed by atoms with Crippen LogP contribution in [-0.2, 0) is 0 Å². The van der Waals surface area contributed by atoms with Gasteiger partial charge in [0.1, 0.15) is 11.5 Å². The van der Waals surface area contributed by atoms with Crippen molar-refractivity contribution in [3.8, 4) is 0 Å². The van der Waals surface area contributed by atoms with Gasteiger partial charge in [0.05, 0.1) is 0 Å². The first-order valence-corrected chi connectivity index (χ1v) is 6.82. The first-order valence-electron chi connectivity index (χ1n) is 6.82. The monoisotopic (exact) mass is 284 g/mol. The van der Waals surface area contributed by atoms with E-state index >= 15 is 0 Å². The molecule has 0 bridgehead atoms. The fraction of sp³-hybridized carbons (Fsp3) is 0.333. The summed E-state index contributed by atoms with van der Waals surface area (Å²) in [6.07, 6.45) is 3.90. The highest BCUT2D eigenvalue weighted by atomic mass is 15.2. The molecule has 3 N–H and O–H groups in total. The Morgan fingerprint density at radius 3 is 2.52 bits per heavy atom. The van der Waals surface area contributed by atoms with Crippen molar-refractivity contribution in [1.29, 1.82) is 5.41 Å². The normalized spacial score (nSPS) is 15.6. The Morgan fingerprint density at radius 1 is 1.33 bits per heavy atom. The van der Waals surface area contributed by atoms with E-state index in [2.05, 4.69) is 33.3 Å². The molecule has 2 rings (SSSR count). The number of nitrogen functional groups attached to an aromatic ring is 1. The molecular weight excluding hydrogens is 264 g/mol. The maximum Gasteiger partial charge on any atom is 0.154 e. The van der Waals surface area contributed by atoms with Gasteiger partial charge >= 0.3 is 0 Å². The summed E-state index contributed by atoms with van der Waals surface area (Å²) in [7, 11) is 0. The fourth-order valence-electron chi connectivity index (χ4n) is 2.45. The topological polar surface area (TPSA) is 90.7 Å². The van der Waals surface area contributed by atoms with Crippen LogP contribution in [0.25, 0.3) is 5.70 Å². The molecule has 0 aliphatic carbocycles. The van der Waals surface area contributed by atoms with Gasteiger partial charge < -0.3 is 16.0 Å². The van der Waals surface area contributed by atoms with E-state index in [4.69, 9.17) is 11.1 Å². The number of pyridine rings is 1. The minimum absolute atomic E-state index is 0.337. The Bertz CT molecular complexity index is 611. The van der Waals surface area contributed by atoms with Crippen LogP contribution in [0.2, 0.25) is 0 Å². The van der Waals surface area contributed by atoms with E-state index in [9.17, 15) is 0 Å². The minimum atomic E-state index is 0.337. The molecular formula is C15H20N6. The van der Waals surface area contributed by atoms with Crippen LogP contribution in [0.1, 0.15) is 30.9 Å². The molecule has 6 nitrogen and oxygen atoms in total. The Balaban J connectivity index is 2.54. The van der Waals surface area contributed by atoms with Crippen LogP contribution in [0.5, 0.6) is 0 Å². The summed E-state index contributed by atoms with van der Waals surface area (Å²) in [5, 5.41) is 7.76. The Kier molecular flexibility index (Phi) is 4.47. The second kappa shape index (κ2) is 6.30. The SMILES string of the molecule is C=N/C(=C(\N=C)N1CCCC1)c1cnc(N)c(C(C)=N)c1. The molecule has 1 aliphatic rings. The molecule has 1 aliphatic heterocycles. The molecule has 0 unspecified atom stereocenters. The summed E-state index contributed by atoms with van der Waals surface area (Å²) in [4.78, 5) is 14.5. The number of nitrogens with zero attached hydrogens (tertiary/aromatic N) is 4.